The van der Waals surface area contributed by atoms with E-state index in [4.69, 9.17) is 4.52 Å². The third-order valence-electron chi connectivity index (χ3n) is 3.49. The monoisotopic (exact) mass is 311 g/mol. The van der Waals surface area contributed by atoms with Crippen LogP contribution in [0.2, 0.25) is 0 Å². The molecule has 2 N–H and O–H groups in total. The third kappa shape index (κ3) is 4.62. The fourth-order valence-electron chi connectivity index (χ4n) is 2.37. The van der Waals surface area contributed by atoms with Crippen molar-refractivity contribution in [3.63, 3.8) is 0 Å². The zero-order valence-corrected chi connectivity index (χ0v) is 13.6. The molecule has 0 saturated carbocycles. The summed E-state index contributed by atoms with van der Waals surface area (Å²) in [5, 5.41) is 9.61. The minimum Gasteiger partial charge on any atom is -0.361 e. The van der Waals surface area contributed by atoms with Gasteiger partial charge in [-0.05, 0) is 32.4 Å². The van der Waals surface area contributed by atoms with E-state index < -0.39 is 0 Å². The Labute approximate surface area is 136 Å². The van der Waals surface area contributed by atoms with Crippen LogP contribution in [0.5, 0.6) is 0 Å². The molecule has 5 heteroatoms. The maximum atomic E-state index is 12.0. The molecule has 2 rings (SSSR count). The first-order valence-corrected chi connectivity index (χ1v) is 7.62. The topological polar surface area (TPSA) is 67.2 Å². The van der Waals surface area contributed by atoms with Crippen molar-refractivity contribution in [2.24, 2.45) is 0 Å². The average molecular weight is 311 g/mol. The molecule has 120 valence electrons. The highest BCUT2D eigenvalue weighted by Crippen LogP contribution is 2.23. The van der Waals surface area contributed by atoms with Crippen molar-refractivity contribution in [2.75, 3.05) is 6.54 Å². The molecule has 1 unspecified atom stereocenters. The number of nitrogens with zero attached hydrogens (tertiary/aromatic N) is 1. The van der Waals surface area contributed by atoms with Crippen molar-refractivity contribution in [1.82, 2.24) is 15.8 Å². The van der Waals surface area contributed by atoms with Gasteiger partial charge >= 0.3 is 6.03 Å². The summed E-state index contributed by atoms with van der Waals surface area (Å²) >= 11 is 0. The van der Waals surface area contributed by atoms with Gasteiger partial charge in [-0.2, -0.15) is 0 Å². The lowest BCUT2D eigenvalue weighted by Gasteiger charge is -2.16. The summed E-state index contributed by atoms with van der Waals surface area (Å²) in [5.74, 6) is 6.66. The van der Waals surface area contributed by atoms with Crippen molar-refractivity contribution in [1.29, 1.82) is 0 Å². The molecule has 0 aliphatic carbocycles. The van der Waals surface area contributed by atoms with Gasteiger partial charge in [0.1, 0.15) is 5.76 Å². The van der Waals surface area contributed by atoms with Crippen LogP contribution in [0, 0.1) is 25.7 Å². The van der Waals surface area contributed by atoms with E-state index in [1.807, 2.05) is 51.1 Å². The van der Waals surface area contributed by atoms with E-state index in [-0.39, 0.29) is 12.1 Å². The van der Waals surface area contributed by atoms with Gasteiger partial charge in [0.25, 0.3) is 0 Å². The van der Waals surface area contributed by atoms with Crippen molar-refractivity contribution in [3.8, 4) is 11.8 Å². The molecule has 0 saturated heterocycles. The van der Waals surface area contributed by atoms with Crippen LogP contribution in [0.1, 0.15) is 42.0 Å². The Balaban J connectivity index is 1.88. The molecule has 1 aromatic heterocycles. The van der Waals surface area contributed by atoms with Gasteiger partial charge in [-0.1, -0.05) is 42.1 Å². The van der Waals surface area contributed by atoms with E-state index in [1.165, 1.54) is 0 Å². The standard InChI is InChI=1S/C18H21N3O2/c1-4-16(17-13(2)21-23-14(17)3)20-18(22)19-12-8-11-15-9-6-5-7-10-15/h5-7,9-10,16H,4,12H2,1-3H3,(H2,19,20,22). The summed E-state index contributed by atoms with van der Waals surface area (Å²) in [6.45, 7) is 6.02. The molecule has 0 aliphatic heterocycles. The second kappa shape index (κ2) is 8.04. The van der Waals surface area contributed by atoms with Gasteiger partial charge in [-0.25, -0.2) is 4.79 Å². The first-order valence-electron chi connectivity index (χ1n) is 7.62. The molecule has 23 heavy (non-hydrogen) atoms. The van der Waals surface area contributed by atoms with Gasteiger partial charge in [-0.15, -0.1) is 0 Å². The zero-order valence-electron chi connectivity index (χ0n) is 13.6. The van der Waals surface area contributed by atoms with Gasteiger partial charge in [0, 0.05) is 11.1 Å². The van der Waals surface area contributed by atoms with E-state index in [9.17, 15) is 4.79 Å². The number of hydrogen-bond donors (Lipinski definition) is 2. The molecule has 1 aromatic carbocycles. The molecular formula is C18H21N3O2. The lowest BCUT2D eigenvalue weighted by atomic mass is 10.0. The fourth-order valence-corrected chi connectivity index (χ4v) is 2.37. The molecule has 2 aromatic rings. The van der Waals surface area contributed by atoms with Crippen LogP contribution in [0.4, 0.5) is 4.79 Å². The number of hydrogen-bond acceptors (Lipinski definition) is 3. The molecule has 1 atom stereocenters. The molecule has 5 nitrogen and oxygen atoms in total. The normalized spacial score (nSPS) is 11.3. The van der Waals surface area contributed by atoms with Gasteiger partial charge in [-0.3, -0.25) is 0 Å². The molecular weight excluding hydrogens is 290 g/mol. The van der Waals surface area contributed by atoms with Gasteiger partial charge in [0.05, 0.1) is 18.3 Å². The molecule has 1 heterocycles. The average Bonchev–Trinajstić information content (AvgIpc) is 2.89. The predicted octanol–water partition coefficient (Wildman–Crippen LogP) is 3.09. The van der Waals surface area contributed by atoms with E-state index in [0.717, 1.165) is 29.0 Å². The Morgan fingerprint density at radius 1 is 1.30 bits per heavy atom. The lowest BCUT2D eigenvalue weighted by molar-refractivity contribution is 0.237. The number of aryl methyl sites for hydroxylation is 2. The van der Waals surface area contributed by atoms with Gasteiger partial charge in [0.2, 0.25) is 0 Å². The first kappa shape index (κ1) is 16.6. The number of aromatic nitrogens is 1. The SMILES string of the molecule is CCC(NC(=O)NCC#Cc1ccccc1)c1c(C)noc1C. The molecule has 0 bridgehead atoms. The maximum Gasteiger partial charge on any atom is 0.316 e. The van der Waals surface area contributed by atoms with Crippen LogP contribution in [0.15, 0.2) is 34.9 Å². The summed E-state index contributed by atoms with van der Waals surface area (Å²) < 4.78 is 5.16. The quantitative estimate of drug-likeness (QED) is 0.853. The Bertz CT molecular complexity index is 691. The number of rotatable bonds is 4. The summed E-state index contributed by atoms with van der Waals surface area (Å²) in [5.41, 5.74) is 2.67. The first-order chi connectivity index (χ1) is 11.1. The van der Waals surface area contributed by atoms with Crippen molar-refractivity contribution < 1.29 is 9.32 Å². The number of benzene rings is 1. The second-order valence-electron chi connectivity index (χ2n) is 5.19. The zero-order chi connectivity index (χ0) is 16.7. The second-order valence-corrected chi connectivity index (χ2v) is 5.19. The summed E-state index contributed by atoms with van der Waals surface area (Å²) in [7, 11) is 0. The Morgan fingerprint density at radius 2 is 2.04 bits per heavy atom. The minimum absolute atomic E-state index is 0.122. The summed E-state index contributed by atoms with van der Waals surface area (Å²) in [6, 6.07) is 9.29. The third-order valence-corrected chi connectivity index (χ3v) is 3.49. The highest BCUT2D eigenvalue weighted by atomic mass is 16.5. The van der Waals surface area contributed by atoms with Crippen LogP contribution in [0.25, 0.3) is 0 Å². The van der Waals surface area contributed by atoms with E-state index in [2.05, 4.69) is 27.6 Å². The smallest absolute Gasteiger partial charge is 0.316 e. The molecule has 0 radical (unpaired) electrons. The number of amides is 2. The van der Waals surface area contributed by atoms with E-state index in [0.29, 0.717) is 6.54 Å². The Morgan fingerprint density at radius 3 is 2.65 bits per heavy atom. The van der Waals surface area contributed by atoms with Crippen LogP contribution >= 0.6 is 0 Å². The van der Waals surface area contributed by atoms with Crippen LogP contribution < -0.4 is 10.6 Å². The summed E-state index contributed by atoms with van der Waals surface area (Å²) in [6.07, 6.45) is 0.756. The minimum atomic E-state index is -0.251. The van der Waals surface area contributed by atoms with Crippen molar-refractivity contribution in [2.45, 2.75) is 33.2 Å². The van der Waals surface area contributed by atoms with Gasteiger partial charge < -0.3 is 15.2 Å². The van der Waals surface area contributed by atoms with Crippen molar-refractivity contribution in [3.05, 3.63) is 52.9 Å². The molecule has 0 spiro atoms. The largest absolute Gasteiger partial charge is 0.361 e. The molecule has 0 fully saturated rings. The van der Waals surface area contributed by atoms with Crippen molar-refractivity contribution >= 4 is 6.03 Å². The molecule has 2 amide bonds. The van der Waals surface area contributed by atoms with Crippen LogP contribution in [0.3, 0.4) is 0 Å². The maximum absolute atomic E-state index is 12.0. The van der Waals surface area contributed by atoms with E-state index >= 15 is 0 Å². The number of carbonyl (C=O) groups excluding carboxylic acids is 1. The Kier molecular flexibility index (Phi) is 5.81. The predicted molar refractivity (Wildman–Crippen MR) is 88.9 cm³/mol. The van der Waals surface area contributed by atoms with Gasteiger partial charge in [0.15, 0.2) is 0 Å². The fraction of sp³-hybridized carbons (Fsp3) is 0.333. The van der Waals surface area contributed by atoms with E-state index in [1.54, 1.807) is 0 Å². The lowest BCUT2D eigenvalue weighted by Crippen LogP contribution is -2.38. The molecule has 0 aliphatic rings. The number of urea groups is 1. The summed E-state index contributed by atoms with van der Waals surface area (Å²) in [4.78, 5) is 12.0. The number of nitrogens with one attached hydrogen (secondary N) is 2. The highest BCUT2D eigenvalue weighted by molar-refractivity contribution is 5.74. The number of carbonyl (C=O) groups is 1. The highest BCUT2D eigenvalue weighted by Gasteiger charge is 2.20. The Hall–Kier alpha value is -2.74. The van der Waals surface area contributed by atoms with Crippen LogP contribution in [-0.4, -0.2) is 17.7 Å². The van der Waals surface area contributed by atoms with Crippen LogP contribution in [-0.2, 0) is 0 Å².